The molecule has 0 spiro atoms. The maximum absolute atomic E-state index is 13.9. The minimum absolute atomic E-state index is 0.282. The summed E-state index contributed by atoms with van der Waals surface area (Å²) in [5, 5.41) is 13.7. The first-order valence-electron chi connectivity index (χ1n) is 27.3. The second-order valence-corrected chi connectivity index (χ2v) is 19.6. The Labute approximate surface area is 408 Å². The number of unbranched alkanes of at least 4 members (excludes halogenated alkanes) is 27. The minimum atomic E-state index is -1.24. The molecule has 1 amide bonds. The van der Waals surface area contributed by atoms with Crippen molar-refractivity contribution < 1.29 is 38.5 Å². The smallest absolute Gasteiger partial charge is 0.338 e. The van der Waals surface area contributed by atoms with Crippen LogP contribution >= 0.6 is 0 Å². The van der Waals surface area contributed by atoms with E-state index in [1.807, 2.05) is 6.07 Å². The van der Waals surface area contributed by atoms with E-state index < -0.39 is 54.8 Å². The molecule has 4 atom stereocenters. The fourth-order valence-corrected chi connectivity index (χ4v) is 8.92. The molecule has 380 valence electrons. The number of hydrogen-bond donors (Lipinski definition) is 2. The van der Waals surface area contributed by atoms with Crippen LogP contribution in [0.1, 0.15) is 254 Å². The van der Waals surface area contributed by atoms with Crippen molar-refractivity contribution in [3.8, 4) is 0 Å². The van der Waals surface area contributed by atoms with Crippen molar-refractivity contribution in [2.75, 3.05) is 6.61 Å². The maximum Gasteiger partial charge on any atom is 0.338 e. The van der Waals surface area contributed by atoms with E-state index in [0.29, 0.717) is 31.2 Å². The van der Waals surface area contributed by atoms with Gasteiger partial charge in [0.25, 0.3) is 5.91 Å². The van der Waals surface area contributed by atoms with Crippen molar-refractivity contribution in [2.45, 2.75) is 258 Å². The Hall–Kier alpha value is -3.72. The first kappa shape index (κ1) is 59.4. The van der Waals surface area contributed by atoms with Crippen molar-refractivity contribution in [3.05, 3.63) is 71.8 Å². The summed E-state index contributed by atoms with van der Waals surface area (Å²) >= 11 is 0. The number of amides is 1. The number of aliphatic hydroxyl groups is 1. The molecule has 0 heterocycles. The van der Waals surface area contributed by atoms with Gasteiger partial charge in [0, 0.05) is 6.92 Å². The number of nitrogens with one attached hydrogen (secondary N) is 1. The second kappa shape index (κ2) is 40.2. The number of carbonyl (C=O) groups excluding carboxylic acids is 4. The Balaban J connectivity index is 1.93. The number of aliphatic hydroxyl groups excluding tert-OH is 1. The summed E-state index contributed by atoms with van der Waals surface area (Å²) in [4.78, 5) is 53.4. The number of rotatable bonds is 43. The Morgan fingerprint density at radius 1 is 0.478 bits per heavy atom. The summed E-state index contributed by atoms with van der Waals surface area (Å²) < 4.78 is 17.8. The lowest BCUT2D eigenvalue weighted by Gasteiger charge is -2.33. The van der Waals surface area contributed by atoms with E-state index >= 15 is 0 Å². The van der Waals surface area contributed by atoms with Crippen LogP contribution in [0.15, 0.2) is 60.7 Å². The molecule has 0 aliphatic heterocycles. The first-order valence-corrected chi connectivity index (χ1v) is 27.3. The van der Waals surface area contributed by atoms with E-state index in [4.69, 9.17) is 14.2 Å². The zero-order chi connectivity index (χ0) is 48.6. The van der Waals surface area contributed by atoms with Crippen LogP contribution in [0.2, 0.25) is 0 Å². The molecule has 9 heteroatoms. The van der Waals surface area contributed by atoms with Crippen LogP contribution in [0.4, 0.5) is 0 Å². The molecule has 67 heavy (non-hydrogen) atoms. The Bertz CT molecular complexity index is 1520. The standard InChI is InChI=1S/C58H95NO8/c1-5-6-7-8-9-10-11-12-13-14-15-16-17-18-19-20-21-22-27-30-39-46-54(65-49(4)61)56(62)59-52(47-60)55(67-58(64)51-43-36-32-37-44-51)53(66-57(63)50-41-34-31-35-42-50)45-38-29-26-24-23-25-28-33-40-48(2)3/h31-32,34-37,41-44,48,52-55,60H,5-30,33,38-40,45-47H2,1-4H3,(H,59,62)/t52-,53+,54+,55-/m0/s1. The van der Waals surface area contributed by atoms with Gasteiger partial charge in [-0.3, -0.25) is 9.59 Å². The lowest BCUT2D eigenvalue weighted by Crippen LogP contribution is -2.55. The highest BCUT2D eigenvalue weighted by Crippen LogP contribution is 2.23. The van der Waals surface area contributed by atoms with E-state index in [0.717, 1.165) is 44.4 Å². The highest BCUT2D eigenvalue weighted by atomic mass is 16.6. The normalized spacial score (nSPS) is 13.2. The van der Waals surface area contributed by atoms with Gasteiger partial charge in [0.15, 0.2) is 12.2 Å². The second-order valence-electron chi connectivity index (χ2n) is 19.6. The molecule has 0 aliphatic carbocycles. The molecular weight excluding hydrogens is 839 g/mol. The van der Waals surface area contributed by atoms with Crippen LogP contribution < -0.4 is 5.32 Å². The van der Waals surface area contributed by atoms with Gasteiger partial charge in [-0.25, -0.2) is 9.59 Å². The highest BCUT2D eigenvalue weighted by molar-refractivity contribution is 5.90. The molecule has 0 bridgehead atoms. The van der Waals surface area contributed by atoms with E-state index in [1.165, 1.54) is 148 Å². The summed E-state index contributed by atoms with van der Waals surface area (Å²) in [6, 6.07) is 15.9. The predicted molar refractivity (Wildman–Crippen MR) is 274 cm³/mol. The van der Waals surface area contributed by atoms with Crippen molar-refractivity contribution in [3.63, 3.8) is 0 Å². The maximum atomic E-state index is 13.9. The number of hydrogen-bond acceptors (Lipinski definition) is 8. The van der Waals surface area contributed by atoms with Crippen LogP contribution in [0.5, 0.6) is 0 Å². The topological polar surface area (TPSA) is 128 Å². The molecule has 0 aliphatic rings. The van der Waals surface area contributed by atoms with E-state index in [1.54, 1.807) is 54.6 Å². The van der Waals surface area contributed by atoms with E-state index in [-0.39, 0.29) is 5.56 Å². The number of esters is 3. The van der Waals surface area contributed by atoms with Gasteiger partial charge in [-0.15, -0.1) is 0 Å². The van der Waals surface area contributed by atoms with Gasteiger partial charge < -0.3 is 24.6 Å². The zero-order valence-electron chi connectivity index (χ0n) is 42.8. The van der Waals surface area contributed by atoms with Gasteiger partial charge in [0.05, 0.1) is 23.8 Å². The molecule has 0 aromatic heterocycles. The molecule has 2 N–H and O–H groups in total. The van der Waals surface area contributed by atoms with Crippen LogP contribution in [-0.2, 0) is 23.8 Å². The highest BCUT2D eigenvalue weighted by Gasteiger charge is 2.38. The minimum Gasteiger partial charge on any atom is -0.455 e. The lowest BCUT2D eigenvalue weighted by atomic mass is 9.98. The van der Waals surface area contributed by atoms with Crippen molar-refractivity contribution in [1.82, 2.24) is 5.32 Å². The number of ether oxygens (including phenoxy) is 3. The van der Waals surface area contributed by atoms with Gasteiger partial charge in [0.2, 0.25) is 0 Å². The Morgan fingerprint density at radius 3 is 1.21 bits per heavy atom. The molecule has 2 aromatic carbocycles. The first-order chi connectivity index (χ1) is 32.7. The fraction of sp³-hybridized carbons (Fsp3) is 0.724. The Morgan fingerprint density at radius 2 is 0.836 bits per heavy atom. The molecule has 0 radical (unpaired) electrons. The summed E-state index contributed by atoms with van der Waals surface area (Å²) in [6.07, 6.45) is 34.0. The molecule has 0 fully saturated rings. The molecule has 2 aromatic rings. The van der Waals surface area contributed by atoms with Gasteiger partial charge in [-0.05, 0) is 55.9 Å². The predicted octanol–water partition coefficient (Wildman–Crippen LogP) is 15.0. The number of carbonyl (C=O) groups is 4. The SMILES string of the molecule is CCCCCCCCCCCCCCCCCCCCCCC[C@@H](OC(C)=O)C(=O)N[C@@H](CO)[C@H](OC(=O)c1ccccc1)[C@@H](CCCCCCCCCCC(C)C)OC(=O)c1ccccc1. The van der Waals surface area contributed by atoms with Crippen molar-refractivity contribution in [1.29, 1.82) is 0 Å². The van der Waals surface area contributed by atoms with Crippen LogP contribution in [-0.4, -0.2) is 59.9 Å². The van der Waals surface area contributed by atoms with Crippen molar-refractivity contribution >= 4 is 23.8 Å². The molecule has 0 saturated heterocycles. The summed E-state index contributed by atoms with van der Waals surface area (Å²) in [5.74, 6) is -1.71. The fourth-order valence-electron chi connectivity index (χ4n) is 8.92. The largest absolute Gasteiger partial charge is 0.455 e. The van der Waals surface area contributed by atoms with E-state index in [2.05, 4.69) is 26.1 Å². The average Bonchev–Trinajstić information content (AvgIpc) is 3.33. The third-order valence-corrected chi connectivity index (χ3v) is 13.0. The van der Waals surface area contributed by atoms with Crippen LogP contribution in [0.3, 0.4) is 0 Å². The Kier molecular flexibility index (Phi) is 35.6. The monoisotopic (exact) mass is 934 g/mol. The molecular formula is C58H95NO8. The van der Waals surface area contributed by atoms with Gasteiger partial charge in [-0.1, -0.05) is 237 Å². The molecule has 0 unspecified atom stereocenters. The van der Waals surface area contributed by atoms with Crippen molar-refractivity contribution in [2.24, 2.45) is 5.92 Å². The quantitative estimate of drug-likeness (QED) is 0.0382. The molecule has 2 rings (SSSR count). The zero-order valence-corrected chi connectivity index (χ0v) is 42.8. The van der Waals surface area contributed by atoms with E-state index in [9.17, 15) is 24.3 Å². The molecule has 0 saturated carbocycles. The van der Waals surface area contributed by atoms with Crippen LogP contribution in [0.25, 0.3) is 0 Å². The molecule has 9 nitrogen and oxygen atoms in total. The summed E-state index contributed by atoms with van der Waals surface area (Å²) in [5.41, 5.74) is 0.618. The third kappa shape index (κ3) is 30.4. The average molecular weight is 934 g/mol. The van der Waals surface area contributed by atoms with Gasteiger partial charge >= 0.3 is 17.9 Å². The summed E-state index contributed by atoms with van der Waals surface area (Å²) in [6.45, 7) is 7.47. The van der Waals surface area contributed by atoms with Gasteiger partial charge in [-0.2, -0.15) is 0 Å². The lowest BCUT2D eigenvalue weighted by molar-refractivity contribution is -0.155. The van der Waals surface area contributed by atoms with Crippen LogP contribution in [0, 0.1) is 5.92 Å². The van der Waals surface area contributed by atoms with Gasteiger partial charge in [0.1, 0.15) is 6.10 Å². The third-order valence-electron chi connectivity index (χ3n) is 13.0. The number of benzene rings is 2. The summed E-state index contributed by atoms with van der Waals surface area (Å²) in [7, 11) is 0.